The summed E-state index contributed by atoms with van der Waals surface area (Å²) in [6.45, 7) is 0. The number of benzene rings is 1. The van der Waals surface area contributed by atoms with E-state index in [9.17, 15) is 5.11 Å². The van der Waals surface area contributed by atoms with Crippen molar-refractivity contribution in [3.63, 3.8) is 0 Å². The van der Waals surface area contributed by atoms with Crippen LogP contribution in [0.5, 0.6) is 5.75 Å². The summed E-state index contributed by atoms with van der Waals surface area (Å²) in [5.41, 5.74) is 6.77. The highest BCUT2D eigenvalue weighted by Gasteiger charge is 2.12. The predicted molar refractivity (Wildman–Crippen MR) is 55.2 cm³/mol. The Morgan fingerprint density at radius 1 is 1.36 bits per heavy atom. The van der Waals surface area contributed by atoms with Crippen LogP contribution in [0.3, 0.4) is 0 Å². The molecule has 0 aliphatic heterocycles. The van der Waals surface area contributed by atoms with Crippen molar-refractivity contribution >= 4 is 17.5 Å². The lowest BCUT2D eigenvalue weighted by Crippen LogP contribution is -1.84. The van der Waals surface area contributed by atoms with E-state index >= 15 is 0 Å². The first kappa shape index (κ1) is 8.97. The number of rotatable bonds is 1. The zero-order chi connectivity index (χ0) is 10.1. The fourth-order valence-corrected chi connectivity index (χ4v) is 1.49. The Hall–Kier alpha value is -1.61. The molecule has 0 unspecified atom stereocenters. The molecule has 1 aromatic heterocycles. The van der Waals surface area contributed by atoms with Gasteiger partial charge in [-0.3, -0.25) is 0 Å². The van der Waals surface area contributed by atoms with Crippen molar-refractivity contribution in [1.29, 1.82) is 0 Å². The van der Waals surface area contributed by atoms with Crippen LogP contribution in [0.15, 0.2) is 34.9 Å². The molecule has 72 valence electrons. The Bertz CT molecular complexity index is 445. The lowest BCUT2D eigenvalue weighted by Gasteiger charge is -2.00. The summed E-state index contributed by atoms with van der Waals surface area (Å²) in [5.74, 6) is 0.203. The zero-order valence-electron chi connectivity index (χ0n) is 7.20. The minimum Gasteiger partial charge on any atom is -0.504 e. The first-order valence-corrected chi connectivity index (χ1v) is 4.38. The number of furan rings is 1. The van der Waals surface area contributed by atoms with E-state index in [1.54, 1.807) is 24.3 Å². The number of hydrogen-bond donors (Lipinski definition) is 2. The molecule has 3 N–H and O–H groups in total. The lowest BCUT2D eigenvalue weighted by atomic mass is 10.1. The van der Waals surface area contributed by atoms with Crippen molar-refractivity contribution < 1.29 is 9.52 Å². The van der Waals surface area contributed by atoms with Crippen LogP contribution in [-0.4, -0.2) is 5.11 Å². The largest absolute Gasteiger partial charge is 0.504 e. The number of aromatic hydroxyl groups is 1. The van der Waals surface area contributed by atoms with Gasteiger partial charge in [-0.1, -0.05) is 23.7 Å². The average molecular weight is 210 g/mol. The maximum Gasteiger partial charge on any atom is 0.201 e. The van der Waals surface area contributed by atoms with E-state index in [0.717, 1.165) is 5.56 Å². The number of hydrogen-bond acceptors (Lipinski definition) is 3. The third kappa shape index (κ3) is 1.42. The maximum atomic E-state index is 9.46. The van der Waals surface area contributed by atoms with Gasteiger partial charge in [-0.2, -0.15) is 0 Å². The van der Waals surface area contributed by atoms with Gasteiger partial charge in [-0.25, -0.2) is 0 Å². The van der Waals surface area contributed by atoms with Gasteiger partial charge in [0.2, 0.25) is 5.88 Å². The number of nitrogen functional groups attached to an aromatic ring is 1. The summed E-state index contributed by atoms with van der Waals surface area (Å²) in [5, 5.41) is 10.0. The van der Waals surface area contributed by atoms with Crippen molar-refractivity contribution in [2.24, 2.45) is 0 Å². The van der Waals surface area contributed by atoms with Crippen molar-refractivity contribution in [2.75, 3.05) is 5.73 Å². The highest BCUT2D eigenvalue weighted by molar-refractivity contribution is 6.30. The first-order valence-electron chi connectivity index (χ1n) is 4.00. The van der Waals surface area contributed by atoms with Gasteiger partial charge in [0.1, 0.15) is 6.26 Å². The molecule has 4 heteroatoms. The molecule has 0 saturated carbocycles. The SMILES string of the molecule is Nc1occ(O)c1-c1cccc(Cl)c1. The molecule has 1 heterocycles. The second-order valence-corrected chi connectivity index (χ2v) is 3.31. The molecule has 0 saturated heterocycles. The lowest BCUT2D eigenvalue weighted by molar-refractivity contribution is 0.461. The van der Waals surface area contributed by atoms with Crippen LogP contribution < -0.4 is 5.73 Å². The average Bonchev–Trinajstić information content (AvgIpc) is 2.46. The molecule has 0 fully saturated rings. The van der Waals surface area contributed by atoms with E-state index in [2.05, 4.69) is 0 Å². The van der Waals surface area contributed by atoms with Crippen LogP contribution in [0, 0.1) is 0 Å². The van der Waals surface area contributed by atoms with E-state index < -0.39 is 0 Å². The van der Waals surface area contributed by atoms with Gasteiger partial charge in [0.25, 0.3) is 0 Å². The van der Waals surface area contributed by atoms with Gasteiger partial charge < -0.3 is 15.3 Å². The van der Waals surface area contributed by atoms with Crippen molar-refractivity contribution in [2.45, 2.75) is 0 Å². The van der Waals surface area contributed by atoms with Crippen LogP contribution in [-0.2, 0) is 0 Å². The fourth-order valence-electron chi connectivity index (χ4n) is 1.30. The Kier molecular flexibility index (Phi) is 2.09. The Balaban J connectivity index is 2.59. The monoisotopic (exact) mass is 209 g/mol. The minimum absolute atomic E-state index is 0.0183. The highest BCUT2D eigenvalue weighted by Crippen LogP contribution is 2.36. The molecule has 14 heavy (non-hydrogen) atoms. The van der Waals surface area contributed by atoms with Gasteiger partial charge in [-0.05, 0) is 17.7 Å². The molecule has 0 spiro atoms. The molecule has 0 bridgehead atoms. The van der Waals surface area contributed by atoms with Crippen LogP contribution in [0.2, 0.25) is 5.02 Å². The molecule has 0 aliphatic carbocycles. The normalized spacial score (nSPS) is 10.4. The summed E-state index contributed by atoms with van der Waals surface area (Å²) >= 11 is 5.81. The minimum atomic E-state index is 0.0183. The van der Waals surface area contributed by atoms with E-state index in [-0.39, 0.29) is 11.6 Å². The molecule has 2 aromatic rings. The standard InChI is InChI=1S/C10H8ClNO2/c11-7-3-1-2-6(4-7)9-8(13)5-14-10(9)12/h1-5,13H,12H2. The summed E-state index contributed by atoms with van der Waals surface area (Å²) in [6, 6.07) is 7.04. The van der Waals surface area contributed by atoms with Crippen molar-refractivity contribution in [1.82, 2.24) is 0 Å². The van der Waals surface area contributed by atoms with Crippen LogP contribution in [0.25, 0.3) is 11.1 Å². The smallest absolute Gasteiger partial charge is 0.201 e. The van der Waals surface area contributed by atoms with E-state index in [4.69, 9.17) is 21.8 Å². The molecule has 0 amide bonds. The molecule has 0 radical (unpaired) electrons. The van der Waals surface area contributed by atoms with E-state index in [1.807, 2.05) is 0 Å². The molecule has 2 rings (SSSR count). The summed E-state index contributed by atoms with van der Waals surface area (Å²) in [6.07, 6.45) is 1.20. The number of nitrogens with two attached hydrogens (primary N) is 1. The fraction of sp³-hybridized carbons (Fsp3) is 0. The van der Waals surface area contributed by atoms with Crippen molar-refractivity contribution in [3.8, 4) is 16.9 Å². The van der Waals surface area contributed by atoms with Crippen LogP contribution in [0.4, 0.5) is 5.88 Å². The molecular weight excluding hydrogens is 202 g/mol. The number of halogens is 1. The van der Waals surface area contributed by atoms with Crippen molar-refractivity contribution in [3.05, 3.63) is 35.6 Å². The topological polar surface area (TPSA) is 59.4 Å². The first-order chi connectivity index (χ1) is 6.68. The third-order valence-electron chi connectivity index (χ3n) is 1.91. The van der Waals surface area contributed by atoms with Gasteiger partial charge in [0.05, 0.1) is 5.56 Å². The van der Waals surface area contributed by atoms with Gasteiger partial charge in [0.15, 0.2) is 5.75 Å². The maximum absolute atomic E-state index is 9.46. The summed E-state index contributed by atoms with van der Waals surface area (Å²) < 4.78 is 4.87. The van der Waals surface area contributed by atoms with E-state index in [0.29, 0.717) is 10.6 Å². The third-order valence-corrected chi connectivity index (χ3v) is 2.15. The quantitative estimate of drug-likeness (QED) is 0.759. The summed E-state index contributed by atoms with van der Waals surface area (Å²) in [7, 11) is 0. The Morgan fingerprint density at radius 3 is 2.71 bits per heavy atom. The number of anilines is 1. The van der Waals surface area contributed by atoms with E-state index in [1.165, 1.54) is 6.26 Å². The molecule has 1 aromatic carbocycles. The Morgan fingerprint density at radius 2 is 2.14 bits per heavy atom. The zero-order valence-corrected chi connectivity index (χ0v) is 7.95. The van der Waals surface area contributed by atoms with Crippen LogP contribution >= 0.6 is 11.6 Å². The molecule has 3 nitrogen and oxygen atoms in total. The second-order valence-electron chi connectivity index (χ2n) is 2.87. The summed E-state index contributed by atoms with van der Waals surface area (Å²) in [4.78, 5) is 0. The highest BCUT2D eigenvalue weighted by atomic mass is 35.5. The van der Waals surface area contributed by atoms with Gasteiger partial charge in [0, 0.05) is 5.02 Å². The predicted octanol–water partition coefficient (Wildman–Crippen LogP) is 2.89. The van der Waals surface area contributed by atoms with Gasteiger partial charge in [-0.15, -0.1) is 0 Å². The molecule has 0 aliphatic rings. The Labute approximate surface area is 85.7 Å². The second kappa shape index (κ2) is 3.27. The molecule has 0 atom stereocenters. The van der Waals surface area contributed by atoms with Crippen LogP contribution in [0.1, 0.15) is 0 Å². The molecular formula is C10H8ClNO2. The van der Waals surface area contributed by atoms with Gasteiger partial charge >= 0.3 is 0 Å².